The summed E-state index contributed by atoms with van der Waals surface area (Å²) in [6, 6.07) is 17.5. The van der Waals surface area contributed by atoms with Crippen molar-refractivity contribution < 1.29 is 9.59 Å². The van der Waals surface area contributed by atoms with E-state index in [9.17, 15) is 9.59 Å². The van der Waals surface area contributed by atoms with Crippen molar-refractivity contribution in [3.63, 3.8) is 0 Å². The van der Waals surface area contributed by atoms with Crippen LogP contribution in [0.5, 0.6) is 0 Å². The number of nitrogens with zero attached hydrogens (tertiary/aromatic N) is 1. The predicted molar refractivity (Wildman–Crippen MR) is 80.8 cm³/mol. The molecular weight excluding hydrogens is 264 g/mol. The summed E-state index contributed by atoms with van der Waals surface area (Å²) in [6.07, 6.45) is 0. The maximum absolute atomic E-state index is 12.5. The molecule has 0 aromatic heterocycles. The lowest BCUT2D eigenvalue weighted by atomic mass is 10.0. The van der Waals surface area contributed by atoms with Crippen molar-refractivity contribution in [2.24, 2.45) is 0 Å². The summed E-state index contributed by atoms with van der Waals surface area (Å²) in [4.78, 5) is 25.5. The van der Waals surface area contributed by atoms with Crippen molar-refractivity contribution in [3.8, 4) is 11.1 Å². The van der Waals surface area contributed by atoms with Crippen molar-refractivity contribution in [2.45, 2.75) is 0 Å². The van der Waals surface area contributed by atoms with Crippen molar-refractivity contribution in [3.05, 3.63) is 60.2 Å². The topological polar surface area (TPSA) is 49.4 Å². The van der Waals surface area contributed by atoms with E-state index >= 15 is 0 Å². The van der Waals surface area contributed by atoms with Gasteiger partial charge in [-0.1, -0.05) is 42.5 Å². The van der Waals surface area contributed by atoms with Gasteiger partial charge in [0.15, 0.2) is 0 Å². The van der Waals surface area contributed by atoms with Gasteiger partial charge in [0.05, 0.1) is 6.54 Å². The minimum atomic E-state index is -0.103. The van der Waals surface area contributed by atoms with E-state index in [2.05, 4.69) is 5.32 Å². The molecule has 106 valence electrons. The molecule has 1 N–H and O–H groups in total. The zero-order valence-electron chi connectivity index (χ0n) is 11.6. The Morgan fingerprint density at radius 2 is 1.76 bits per heavy atom. The number of hydrogen-bond donors (Lipinski definition) is 1. The third-order valence-electron chi connectivity index (χ3n) is 3.54. The zero-order chi connectivity index (χ0) is 14.7. The van der Waals surface area contributed by atoms with Gasteiger partial charge in [0, 0.05) is 18.7 Å². The third kappa shape index (κ3) is 2.94. The Hall–Kier alpha value is -2.62. The minimum absolute atomic E-state index is 0.0948. The standard InChI is InChI=1S/C17H16N2O2/c20-16-12-19(10-9-18-16)17(21)15-8-4-7-14(11-15)13-5-2-1-3-6-13/h1-8,11H,9-10,12H2,(H,18,20). The van der Waals surface area contributed by atoms with E-state index in [0.29, 0.717) is 18.7 Å². The minimum Gasteiger partial charge on any atom is -0.353 e. The van der Waals surface area contributed by atoms with Gasteiger partial charge in [-0.05, 0) is 23.3 Å². The summed E-state index contributed by atoms with van der Waals surface area (Å²) in [6.45, 7) is 1.21. The molecule has 0 spiro atoms. The number of benzene rings is 2. The van der Waals surface area contributed by atoms with E-state index in [1.165, 1.54) is 0 Å². The fourth-order valence-electron chi connectivity index (χ4n) is 2.46. The highest BCUT2D eigenvalue weighted by molar-refractivity contribution is 5.98. The molecular formula is C17H16N2O2. The van der Waals surface area contributed by atoms with Crippen molar-refractivity contribution in [2.75, 3.05) is 19.6 Å². The summed E-state index contributed by atoms with van der Waals surface area (Å²) in [5.74, 6) is -0.198. The first-order chi connectivity index (χ1) is 10.2. The lowest BCUT2D eigenvalue weighted by Gasteiger charge is -2.26. The van der Waals surface area contributed by atoms with Crippen LogP contribution < -0.4 is 5.32 Å². The van der Waals surface area contributed by atoms with Crippen LogP contribution in [-0.4, -0.2) is 36.3 Å². The van der Waals surface area contributed by atoms with Crippen LogP contribution in [-0.2, 0) is 4.79 Å². The van der Waals surface area contributed by atoms with Gasteiger partial charge in [-0.2, -0.15) is 0 Å². The highest BCUT2D eigenvalue weighted by Gasteiger charge is 2.22. The molecule has 3 rings (SSSR count). The summed E-state index contributed by atoms with van der Waals surface area (Å²) in [7, 11) is 0. The smallest absolute Gasteiger partial charge is 0.254 e. The number of carbonyl (C=O) groups is 2. The molecule has 21 heavy (non-hydrogen) atoms. The Kier molecular flexibility index (Phi) is 3.69. The Morgan fingerprint density at radius 3 is 2.52 bits per heavy atom. The Bertz CT molecular complexity index is 668. The molecule has 2 aromatic rings. The first-order valence-corrected chi connectivity index (χ1v) is 6.95. The molecule has 1 aliphatic heterocycles. The van der Waals surface area contributed by atoms with Gasteiger partial charge in [0.25, 0.3) is 5.91 Å². The Labute approximate surface area is 123 Å². The predicted octanol–water partition coefficient (Wildman–Crippen LogP) is 1.93. The second kappa shape index (κ2) is 5.79. The van der Waals surface area contributed by atoms with Crippen LogP contribution in [0.25, 0.3) is 11.1 Å². The average molecular weight is 280 g/mol. The number of nitrogens with one attached hydrogen (secondary N) is 1. The molecule has 0 bridgehead atoms. The van der Waals surface area contributed by atoms with Gasteiger partial charge >= 0.3 is 0 Å². The summed E-state index contributed by atoms with van der Waals surface area (Å²) < 4.78 is 0. The third-order valence-corrected chi connectivity index (χ3v) is 3.54. The molecule has 0 radical (unpaired) electrons. The van der Waals surface area contributed by atoms with Gasteiger partial charge in [-0.25, -0.2) is 0 Å². The highest BCUT2D eigenvalue weighted by Crippen LogP contribution is 2.20. The quantitative estimate of drug-likeness (QED) is 0.913. The normalized spacial score (nSPS) is 14.7. The number of carbonyl (C=O) groups excluding carboxylic acids is 2. The molecule has 0 saturated carbocycles. The van der Waals surface area contributed by atoms with E-state index in [-0.39, 0.29) is 18.4 Å². The summed E-state index contributed by atoms with van der Waals surface area (Å²) >= 11 is 0. The second-order valence-electron chi connectivity index (χ2n) is 5.02. The van der Waals surface area contributed by atoms with E-state index < -0.39 is 0 Å². The summed E-state index contributed by atoms with van der Waals surface area (Å²) in [5, 5.41) is 2.72. The fraction of sp³-hybridized carbons (Fsp3) is 0.176. The van der Waals surface area contributed by atoms with Crippen molar-refractivity contribution in [1.82, 2.24) is 10.2 Å². The maximum Gasteiger partial charge on any atom is 0.254 e. The molecule has 1 fully saturated rings. The maximum atomic E-state index is 12.5. The average Bonchev–Trinajstić information content (AvgIpc) is 2.55. The van der Waals surface area contributed by atoms with Gasteiger partial charge in [0.1, 0.15) is 0 Å². The summed E-state index contributed by atoms with van der Waals surface area (Å²) in [5.41, 5.74) is 2.69. The molecule has 2 amide bonds. The van der Waals surface area contributed by atoms with E-state index in [1.807, 2.05) is 48.5 Å². The molecule has 1 heterocycles. The molecule has 0 aliphatic carbocycles. The monoisotopic (exact) mass is 280 g/mol. The molecule has 4 heteroatoms. The van der Waals surface area contributed by atoms with Gasteiger partial charge in [-0.3, -0.25) is 9.59 Å². The van der Waals surface area contributed by atoms with Gasteiger partial charge in [-0.15, -0.1) is 0 Å². The number of amides is 2. The molecule has 4 nitrogen and oxygen atoms in total. The molecule has 2 aromatic carbocycles. The number of rotatable bonds is 2. The lowest BCUT2D eigenvalue weighted by Crippen LogP contribution is -2.49. The largest absolute Gasteiger partial charge is 0.353 e. The molecule has 0 unspecified atom stereocenters. The first-order valence-electron chi connectivity index (χ1n) is 6.95. The zero-order valence-corrected chi connectivity index (χ0v) is 11.6. The van der Waals surface area contributed by atoms with Crippen molar-refractivity contribution >= 4 is 11.8 Å². The van der Waals surface area contributed by atoms with Crippen molar-refractivity contribution in [1.29, 1.82) is 0 Å². The Morgan fingerprint density at radius 1 is 1.00 bits per heavy atom. The van der Waals surface area contributed by atoms with Crippen LogP contribution in [0.4, 0.5) is 0 Å². The van der Waals surface area contributed by atoms with Crippen LogP contribution in [0, 0.1) is 0 Å². The van der Waals surface area contributed by atoms with E-state index in [4.69, 9.17) is 0 Å². The van der Waals surface area contributed by atoms with Crippen LogP contribution >= 0.6 is 0 Å². The van der Waals surface area contributed by atoms with Crippen LogP contribution in [0.3, 0.4) is 0 Å². The first kappa shape index (κ1) is 13.4. The highest BCUT2D eigenvalue weighted by atomic mass is 16.2. The van der Waals surface area contributed by atoms with Gasteiger partial charge in [0.2, 0.25) is 5.91 Å². The Balaban J connectivity index is 1.86. The number of piperazine rings is 1. The van der Waals surface area contributed by atoms with Crippen LogP contribution in [0.2, 0.25) is 0 Å². The SMILES string of the molecule is O=C1CN(C(=O)c2cccc(-c3ccccc3)c2)CCN1. The van der Waals surface area contributed by atoms with E-state index in [1.54, 1.807) is 11.0 Å². The molecule has 1 aliphatic rings. The fourth-order valence-corrected chi connectivity index (χ4v) is 2.46. The van der Waals surface area contributed by atoms with Gasteiger partial charge < -0.3 is 10.2 Å². The van der Waals surface area contributed by atoms with Crippen LogP contribution in [0.15, 0.2) is 54.6 Å². The van der Waals surface area contributed by atoms with E-state index in [0.717, 1.165) is 11.1 Å². The number of hydrogen-bond acceptors (Lipinski definition) is 2. The second-order valence-corrected chi connectivity index (χ2v) is 5.02. The molecule has 0 atom stereocenters. The molecule has 1 saturated heterocycles. The van der Waals surface area contributed by atoms with Crippen LogP contribution in [0.1, 0.15) is 10.4 Å². The lowest BCUT2D eigenvalue weighted by molar-refractivity contribution is -0.123.